The first-order chi connectivity index (χ1) is 8.78. The molecule has 2 aromatic rings. The number of nitrogens with one attached hydrogen (secondary N) is 1. The molecule has 0 fully saturated rings. The second-order valence-electron chi connectivity index (χ2n) is 5.17. The van der Waals surface area contributed by atoms with E-state index in [1.54, 1.807) is 0 Å². The summed E-state index contributed by atoms with van der Waals surface area (Å²) in [6.07, 6.45) is 1.71. The van der Waals surface area contributed by atoms with Crippen LogP contribution in [0.5, 0.6) is 0 Å². The molecule has 1 aromatic carbocycles. The van der Waals surface area contributed by atoms with Crippen LogP contribution in [0.3, 0.4) is 0 Å². The standard InChI is InChI=1S/C15H20N2O/c1-2-11(18)9-17-8-7-13-12-5-3-4-6-14(12)16-15(13)10-17/h3-6,11,16,18H,2,7-10H2,1H3. The van der Waals surface area contributed by atoms with E-state index in [2.05, 4.69) is 34.1 Å². The first-order valence-electron chi connectivity index (χ1n) is 6.76. The lowest BCUT2D eigenvalue weighted by atomic mass is 10.0. The van der Waals surface area contributed by atoms with Crippen LogP contribution < -0.4 is 0 Å². The monoisotopic (exact) mass is 244 g/mol. The first kappa shape index (κ1) is 11.8. The van der Waals surface area contributed by atoms with E-state index in [0.29, 0.717) is 0 Å². The summed E-state index contributed by atoms with van der Waals surface area (Å²) in [5, 5.41) is 11.1. The third-order valence-electron chi connectivity index (χ3n) is 3.90. The molecule has 3 rings (SSSR count). The number of fused-ring (bicyclic) bond motifs is 3. The van der Waals surface area contributed by atoms with Crippen molar-refractivity contribution < 1.29 is 5.11 Å². The molecule has 0 amide bonds. The van der Waals surface area contributed by atoms with Gasteiger partial charge in [0.2, 0.25) is 0 Å². The summed E-state index contributed by atoms with van der Waals surface area (Å²) in [6.45, 7) is 4.79. The molecule has 3 nitrogen and oxygen atoms in total. The zero-order valence-electron chi connectivity index (χ0n) is 10.8. The van der Waals surface area contributed by atoms with E-state index >= 15 is 0 Å². The average Bonchev–Trinajstić information content (AvgIpc) is 2.76. The maximum Gasteiger partial charge on any atom is 0.0664 e. The van der Waals surface area contributed by atoms with Crippen molar-refractivity contribution >= 4 is 10.9 Å². The SMILES string of the molecule is CCC(O)CN1CCc2c([nH]c3ccccc23)C1. The van der Waals surface area contributed by atoms with Gasteiger partial charge < -0.3 is 10.1 Å². The van der Waals surface area contributed by atoms with Gasteiger partial charge in [-0.05, 0) is 24.5 Å². The summed E-state index contributed by atoms with van der Waals surface area (Å²) in [5.74, 6) is 0. The number of β-amino-alcohol motifs (C(OH)–C–C–N with tert-alkyl or cyclic N) is 1. The molecule has 0 bridgehead atoms. The molecule has 1 unspecified atom stereocenters. The number of aliphatic hydroxyl groups excluding tert-OH is 1. The van der Waals surface area contributed by atoms with Crippen LogP contribution in [0.1, 0.15) is 24.6 Å². The van der Waals surface area contributed by atoms with Crippen molar-refractivity contribution in [3.63, 3.8) is 0 Å². The van der Waals surface area contributed by atoms with E-state index in [1.807, 2.05) is 6.92 Å². The topological polar surface area (TPSA) is 39.3 Å². The third-order valence-corrected chi connectivity index (χ3v) is 3.90. The van der Waals surface area contributed by atoms with Crippen LogP contribution in [0.15, 0.2) is 24.3 Å². The van der Waals surface area contributed by atoms with Crippen molar-refractivity contribution in [3.8, 4) is 0 Å². The molecule has 1 aromatic heterocycles. The maximum absolute atomic E-state index is 9.75. The average molecular weight is 244 g/mol. The normalized spacial score (nSPS) is 17.9. The van der Waals surface area contributed by atoms with Gasteiger partial charge in [-0.2, -0.15) is 0 Å². The highest BCUT2D eigenvalue weighted by Gasteiger charge is 2.21. The lowest BCUT2D eigenvalue weighted by Gasteiger charge is -2.28. The minimum absolute atomic E-state index is 0.198. The fourth-order valence-electron chi connectivity index (χ4n) is 2.83. The van der Waals surface area contributed by atoms with E-state index < -0.39 is 0 Å². The lowest BCUT2D eigenvalue weighted by Crippen LogP contribution is -2.36. The van der Waals surface area contributed by atoms with Crippen molar-refractivity contribution in [1.29, 1.82) is 0 Å². The van der Waals surface area contributed by atoms with Crippen LogP contribution in [0, 0.1) is 0 Å². The van der Waals surface area contributed by atoms with Crippen LogP contribution in [0.25, 0.3) is 10.9 Å². The van der Waals surface area contributed by atoms with Gasteiger partial charge in [0.1, 0.15) is 0 Å². The summed E-state index contributed by atoms with van der Waals surface area (Å²) < 4.78 is 0. The van der Waals surface area contributed by atoms with E-state index in [9.17, 15) is 5.11 Å². The molecular weight excluding hydrogens is 224 g/mol. The Morgan fingerprint density at radius 1 is 1.39 bits per heavy atom. The van der Waals surface area contributed by atoms with E-state index in [4.69, 9.17) is 0 Å². The summed E-state index contributed by atoms with van der Waals surface area (Å²) in [4.78, 5) is 5.85. The molecule has 2 N–H and O–H groups in total. The molecule has 18 heavy (non-hydrogen) atoms. The maximum atomic E-state index is 9.75. The van der Waals surface area contributed by atoms with Gasteiger partial charge in [0.15, 0.2) is 0 Å². The van der Waals surface area contributed by atoms with Crippen molar-refractivity contribution in [1.82, 2.24) is 9.88 Å². The molecule has 96 valence electrons. The molecule has 0 aliphatic carbocycles. The minimum Gasteiger partial charge on any atom is -0.392 e. The van der Waals surface area contributed by atoms with Crippen LogP contribution in [-0.4, -0.2) is 34.2 Å². The quantitative estimate of drug-likeness (QED) is 0.869. The molecule has 1 aliphatic heterocycles. The Labute approximate surface area is 107 Å². The summed E-state index contributed by atoms with van der Waals surface area (Å²) in [7, 11) is 0. The molecule has 0 spiro atoms. The number of aliphatic hydroxyl groups is 1. The lowest BCUT2D eigenvalue weighted by molar-refractivity contribution is 0.102. The molecular formula is C15H20N2O. The number of hydrogen-bond donors (Lipinski definition) is 2. The van der Waals surface area contributed by atoms with Crippen molar-refractivity contribution in [3.05, 3.63) is 35.5 Å². The van der Waals surface area contributed by atoms with Crippen molar-refractivity contribution in [2.75, 3.05) is 13.1 Å². The molecule has 2 heterocycles. The second kappa shape index (κ2) is 4.75. The van der Waals surface area contributed by atoms with Gasteiger partial charge in [-0.25, -0.2) is 0 Å². The fraction of sp³-hybridized carbons (Fsp3) is 0.467. The van der Waals surface area contributed by atoms with Crippen molar-refractivity contribution in [2.24, 2.45) is 0 Å². The first-order valence-corrected chi connectivity index (χ1v) is 6.76. The summed E-state index contributed by atoms with van der Waals surface area (Å²) >= 11 is 0. The van der Waals surface area contributed by atoms with Crippen LogP contribution >= 0.6 is 0 Å². The predicted molar refractivity (Wildman–Crippen MR) is 73.6 cm³/mol. The summed E-state index contributed by atoms with van der Waals surface area (Å²) in [6, 6.07) is 8.51. The van der Waals surface area contributed by atoms with E-state index in [1.165, 1.54) is 22.2 Å². The number of aromatic nitrogens is 1. The van der Waals surface area contributed by atoms with Crippen LogP contribution in [-0.2, 0) is 13.0 Å². The largest absolute Gasteiger partial charge is 0.392 e. The fourth-order valence-corrected chi connectivity index (χ4v) is 2.83. The number of benzene rings is 1. The Hall–Kier alpha value is -1.32. The zero-order chi connectivity index (χ0) is 12.5. The number of aromatic amines is 1. The van der Waals surface area contributed by atoms with Crippen molar-refractivity contribution in [2.45, 2.75) is 32.4 Å². The molecule has 3 heteroatoms. The summed E-state index contributed by atoms with van der Waals surface area (Å²) in [5.41, 5.74) is 4.03. The Morgan fingerprint density at radius 3 is 3.06 bits per heavy atom. The Bertz CT molecular complexity index is 546. The van der Waals surface area contributed by atoms with Crippen LogP contribution in [0.2, 0.25) is 0 Å². The number of H-pyrrole nitrogens is 1. The van der Waals surface area contributed by atoms with E-state index in [0.717, 1.165) is 32.5 Å². The van der Waals surface area contributed by atoms with Gasteiger partial charge in [-0.15, -0.1) is 0 Å². The highest BCUT2D eigenvalue weighted by Crippen LogP contribution is 2.27. The van der Waals surface area contributed by atoms with Gasteiger partial charge in [0, 0.05) is 36.2 Å². The van der Waals surface area contributed by atoms with Gasteiger partial charge >= 0.3 is 0 Å². The van der Waals surface area contributed by atoms with E-state index in [-0.39, 0.29) is 6.10 Å². The van der Waals surface area contributed by atoms with Gasteiger partial charge in [0.05, 0.1) is 6.10 Å². The van der Waals surface area contributed by atoms with Gasteiger partial charge in [-0.1, -0.05) is 25.1 Å². The highest BCUT2D eigenvalue weighted by molar-refractivity contribution is 5.84. The second-order valence-corrected chi connectivity index (χ2v) is 5.17. The minimum atomic E-state index is -0.198. The number of hydrogen-bond acceptors (Lipinski definition) is 2. The third kappa shape index (κ3) is 2.04. The number of rotatable bonds is 3. The molecule has 1 atom stereocenters. The Balaban J connectivity index is 1.85. The molecule has 0 saturated carbocycles. The van der Waals surface area contributed by atoms with Crippen LogP contribution in [0.4, 0.5) is 0 Å². The Kier molecular flexibility index (Phi) is 3.10. The Morgan fingerprint density at radius 2 is 2.22 bits per heavy atom. The number of para-hydroxylation sites is 1. The zero-order valence-corrected chi connectivity index (χ0v) is 10.8. The van der Waals surface area contributed by atoms with Gasteiger partial charge in [-0.3, -0.25) is 4.90 Å². The van der Waals surface area contributed by atoms with Gasteiger partial charge in [0.25, 0.3) is 0 Å². The smallest absolute Gasteiger partial charge is 0.0664 e. The molecule has 1 aliphatic rings. The highest BCUT2D eigenvalue weighted by atomic mass is 16.3. The molecule has 0 saturated heterocycles. The number of nitrogens with zero attached hydrogens (tertiary/aromatic N) is 1. The molecule has 0 radical (unpaired) electrons. The predicted octanol–water partition coefficient (Wildman–Crippen LogP) is 2.30.